The molecule has 1 aromatic rings. The second kappa shape index (κ2) is 6.22. The molecule has 20 heavy (non-hydrogen) atoms. The Balaban J connectivity index is 2.13. The van der Waals surface area contributed by atoms with Gasteiger partial charge in [-0.2, -0.15) is 0 Å². The van der Waals surface area contributed by atoms with Crippen LogP contribution in [0.25, 0.3) is 0 Å². The summed E-state index contributed by atoms with van der Waals surface area (Å²) >= 11 is 0. The number of benzene rings is 1. The monoisotopic (exact) mass is 280 g/mol. The summed E-state index contributed by atoms with van der Waals surface area (Å²) in [5, 5.41) is 9.19. The molecule has 5 heteroatoms. The van der Waals surface area contributed by atoms with Crippen LogP contribution in [0.15, 0.2) is 18.2 Å². The maximum Gasteiger partial charge on any atom is 0.337 e. The topological polar surface area (TPSA) is 43.8 Å². The van der Waals surface area contributed by atoms with Crippen molar-refractivity contribution >= 4 is 11.7 Å². The Bertz CT molecular complexity index is 483. The van der Waals surface area contributed by atoms with Crippen molar-refractivity contribution < 1.29 is 14.3 Å². The Hall–Kier alpha value is -1.62. The van der Waals surface area contributed by atoms with Crippen LogP contribution in [-0.2, 0) is 0 Å². The van der Waals surface area contributed by atoms with Gasteiger partial charge in [0.05, 0.1) is 11.3 Å². The molecule has 1 fully saturated rings. The molecule has 2 rings (SSSR count). The van der Waals surface area contributed by atoms with Crippen LogP contribution in [0, 0.1) is 11.7 Å². The molecule has 0 saturated carbocycles. The quantitative estimate of drug-likeness (QED) is 0.919. The number of rotatable bonds is 4. The Morgan fingerprint density at radius 2 is 1.95 bits per heavy atom. The van der Waals surface area contributed by atoms with E-state index in [1.54, 1.807) is 0 Å². The number of nitrogens with zero attached hydrogens (tertiary/aromatic N) is 2. The van der Waals surface area contributed by atoms with Gasteiger partial charge in [-0.15, -0.1) is 0 Å². The highest BCUT2D eigenvalue weighted by Crippen LogP contribution is 2.25. The first-order valence-corrected chi connectivity index (χ1v) is 6.98. The number of aromatic carboxylic acids is 1. The van der Waals surface area contributed by atoms with Crippen molar-refractivity contribution in [1.82, 2.24) is 4.90 Å². The van der Waals surface area contributed by atoms with Crippen LogP contribution in [0.1, 0.15) is 24.2 Å². The largest absolute Gasteiger partial charge is 0.478 e. The van der Waals surface area contributed by atoms with Crippen LogP contribution in [0.5, 0.6) is 0 Å². The summed E-state index contributed by atoms with van der Waals surface area (Å²) in [5.41, 5.74) is 0.270. The van der Waals surface area contributed by atoms with Gasteiger partial charge in [0.2, 0.25) is 0 Å². The molecule has 1 heterocycles. The van der Waals surface area contributed by atoms with Crippen molar-refractivity contribution in [2.75, 3.05) is 37.6 Å². The van der Waals surface area contributed by atoms with E-state index in [1.165, 1.54) is 18.2 Å². The fourth-order valence-corrected chi connectivity index (χ4v) is 2.68. The number of hydrogen-bond donors (Lipinski definition) is 1. The average molecular weight is 280 g/mol. The van der Waals surface area contributed by atoms with Crippen LogP contribution in [-0.4, -0.2) is 48.7 Å². The van der Waals surface area contributed by atoms with Crippen LogP contribution in [0.4, 0.5) is 10.1 Å². The van der Waals surface area contributed by atoms with Gasteiger partial charge in [-0.1, -0.05) is 19.9 Å². The lowest BCUT2D eigenvalue weighted by Crippen LogP contribution is -2.48. The molecule has 0 bridgehead atoms. The van der Waals surface area contributed by atoms with Crippen LogP contribution < -0.4 is 4.90 Å². The highest BCUT2D eigenvalue weighted by atomic mass is 19.1. The van der Waals surface area contributed by atoms with Crippen molar-refractivity contribution in [3.8, 4) is 0 Å². The molecule has 1 aliphatic heterocycles. The zero-order valence-corrected chi connectivity index (χ0v) is 12.0. The van der Waals surface area contributed by atoms with Crippen LogP contribution >= 0.6 is 0 Å². The summed E-state index contributed by atoms with van der Waals surface area (Å²) in [7, 11) is 0. The Morgan fingerprint density at radius 1 is 1.30 bits per heavy atom. The highest BCUT2D eigenvalue weighted by Gasteiger charge is 2.24. The normalized spacial score (nSPS) is 16.7. The second-order valence-electron chi connectivity index (χ2n) is 5.62. The summed E-state index contributed by atoms with van der Waals surface area (Å²) in [6.07, 6.45) is 0. The molecule has 0 radical (unpaired) electrons. The molecule has 110 valence electrons. The minimum Gasteiger partial charge on any atom is -0.478 e. The van der Waals surface area contributed by atoms with E-state index in [4.69, 9.17) is 0 Å². The maximum atomic E-state index is 14.0. The summed E-state index contributed by atoms with van der Waals surface area (Å²) in [4.78, 5) is 15.4. The zero-order chi connectivity index (χ0) is 14.7. The lowest BCUT2D eigenvalue weighted by Gasteiger charge is -2.37. The molecule has 1 N–H and O–H groups in total. The number of carboxylic acids is 1. The first-order valence-electron chi connectivity index (χ1n) is 6.98. The Kier molecular flexibility index (Phi) is 4.60. The van der Waals surface area contributed by atoms with Crippen molar-refractivity contribution in [3.05, 3.63) is 29.6 Å². The van der Waals surface area contributed by atoms with Crippen molar-refractivity contribution in [1.29, 1.82) is 0 Å². The zero-order valence-electron chi connectivity index (χ0n) is 12.0. The molecular formula is C15H21FN2O2. The Labute approximate surface area is 118 Å². The van der Waals surface area contributed by atoms with E-state index in [0.29, 0.717) is 19.0 Å². The van der Waals surface area contributed by atoms with Crippen LogP contribution in [0.3, 0.4) is 0 Å². The fourth-order valence-electron chi connectivity index (χ4n) is 2.68. The van der Waals surface area contributed by atoms with E-state index in [0.717, 1.165) is 19.6 Å². The minimum atomic E-state index is -1.08. The van der Waals surface area contributed by atoms with Crippen molar-refractivity contribution in [2.45, 2.75) is 13.8 Å². The van der Waals surface area contributed by atoms with Gasteiger partial charge >= 0.3 is 5.97 Å². The van der Waals surface area contributed by atoms with Gasteiger partial charge in [0, 0.05) is 32.7 Å². The number of para-hydroxylation sites is 1. The maximum absolute atomic E-state index is 14.0. The molecule has 4 nitrogen and oxygen atoms in total. The molecule has 0 atom stereocenters. The molecule has 1 aromatic carbocycles. The van der Waals surface area contributed by atoms with E-state index in [9.17, 15) is 14.3 Å². The molecule has 0 aromatic heterocycles. The van der Waals surface area contributed by atoms with Gasteiger partial charge in [-0.05, 0) is 18.1 Å². The SMILES string of the molecule is CC(C)CN1CCN(c2c(F)cccc2C(=O)O)CC1. The molecule has 0 amide bonds. The molecule has 1 aliphatic rings. The third kappa shape index (κ3) is 3.28. The first-order chi connectivity index (χ1) is 9.49. The summed E-state index contributed by atoms with van der Waals surface area (Å²) < 4.78 is 14.0. The van der Waals surface area contributed by atoms with E-state index in [2.05, 4.69) is 18.7 Å². The van der Waals surface area contributed by atoms with E-state index < -0.39 is 11.8 Å². The molecule has 1 saturated heterocycles. The Morgan fingerprint density at radius 3 is 2.50 bits per heavy atom. The lowest BCUT2D eigenvalue weighted by atomic mass is 10.1. The number of anilines is 1. The van der Waals surface area contributed by atoms with Crippen LogP contribution in [0.2, 0.25) is 0 Å². The van der Waals surface area contributed by atoms with E-state index in [1.807, 2.05) is 4.90 Å². The van der Waals surface area contributed by atoms with Gasteiger partial charge in [0.25, 0.3) is 0 Å². The smallest absolute Gasteiger partial charge is 0.337 e. The summed E-state index contributed by atoms with van der Waals surface area (Å²) in [6.45, 7) is 8.37. The highest BCUT2D eigenvalue weighted by molar-refractivity contribution is 5.94. The van der Waals surface area contributed by atoms with Crippen molar-refractivity contribution in [3.63, 3.8) is 0 Å². The molecular weight excluding hydrogens is 259 g/mol. The predicted octanol–water partition coefficient (Wildman–Crippen LogP) is 2.30. The fraction of sp³-hybridized carbons (Fsp3) is 0.533. The van der Waals surface area contributed by atoms with Gasteiger partial charge in [-0.3, -0.25) is 4.90 Å². The molecule has 0 unspecified atom stereocenters. The predicted molar refractivity (Wildman–Crippen MR) is 76.9 cm³/mol. The minimum absolute atomic E-state index is 0.0438. The standard InChI is InChI=1S/C15H21FN2O2/c1-11(2)10-17-6-8-18(9-7-17)14-12(15(19)20)4-3-5-13(14)16/h3-5,11H,6-10H2,1-2H3,(H,19,20). The average Bonchev–Trinajstić information content (AvgIpc) is 2.39. The lowest BCUT2D eigenvalue weighted by molar-refractivity contribution is 0.0697. The first kappa shape index (κ1) is 14.8. The second-order valence-corrected chi connectivity index (χ2v) is 5.62. The summed E-state index contributed by atoms with van der Waals surface area (Å²) in [5.74, 6) is -0.934. The molecule has 0 aliphatic carbocycles. The van der Waals surface area contributed by atoms with Gasteiger partial charge in [0.15, 0.2) is 0 Å². The van der Waals surface area contributed by atoms with E-state index >= 15 is 0 Å². The number of carboxylic acid groups (broad SMARTS) is 1. The van der Waals surface area contributed by atoms with Gasteiger partial charge < -0.3 is 10.0 Å². The number of halogens is 1. The number of carbonyl (C=O) groups is 1. The third-order valence-corrected chi connectivity index (χ3v) is 3.53. The third-order valence-electron chi connectivity index (χ3n) is 3.53. The van der Waals surface area contributed by atoms with Crippen molar-refractivity contribution in [2.24, 2.45) is 5.92 Å². The summed E-state index contributed by atoms with van der Waals surface area (Å²) in [6, 6.07) is 4.22. The number of piperazine rings is 1. The van der Waals surface area contributed by atoms with Gasteiger partial charge in [0.1, 0.15) is 5.82 Å². The van der Waals surface area contributed by atoms with E-state index in [-0.39, 0.29) is 11.3 Å². The number of hydrogen-bond acceptors (Lipinski definition) is 3. The van der Waals surface area contributed by atoms with Gasteiger partial charge in [-0.25, -0.2) is 9.18 Å². The molecule has 0 spiro atoms.